The van der Waals surface area contributed by atoms with E-state index in [0.29, 0.717) is 29.0 Å². The summed E-state index contributed by atoms with van der Waals surface area (Å²) >= 11 is 0. The van der Waals surface area contributed by atoms with Crippen LogP contribution in [0.5, 0.6) is 0 Å². The van der Waals surface area contributed by atoms with Gasteiger partial charge in [0.1, 0.15) is 0 Å². The van der Waals surface area contributed by atoms with E-state index in [4.69, 9.17) is 4.52 Å². The molecule has 2 aromatic rings. The van der Waals surface area contributed by atoms with Crippen molar-refractivity contribution < 1.29 is 14.4 Å². The highest BCUT2D eigenvalue weighted by Gasteiger charge is 2.31. The lowest BCUT2D eigenvalue weighted by Gasteiger charge is -2.29. The molecule has 0 spiro atoms. The van der Waals surface area contributed by atoms with Crippen molar-refractivity contribution in [1.82, 2.24) is 15.5 Å². The van der Waals surface area contributed by atoms with Crippen molar-refractivity contribution in [2.24, 2.45) is 0 Å². The average Bonchev–Trinajstić information content (AvgIpc) is 3.33. The number of carbonyl (C=O) groups excluding carboxylic acids is 1. The summed E-state index contributed by atoms with van der Waals surface area (Å²) in [7, 11) is 0. The Hall–Kier alpha value is -1.95. The van der Waals surface area contributed by atoms with Gasteiger partial charge in [0.05, 0.1) is 16.6 Å². The molecular formula is C19H27N3O3. The molecule has 2 heterocycles. The molecule has 0 bridgehead atoms. The van der Waals surface area contributed by atoms with Gasteiger partial charge in [-0.3, -0.25) is 4.79 Å². The van der Waals surface area contributed by atoms with Crippen LogP contribution in [0.1, 0.15) is 87.0 Å². The molecule has 1 aliphatic carbocycles. The molecule has 1 atom stereocenters. The standard InChI is InChI=1S/C19H27N3O3/c1-5-19(4,8-9-23)21-17(24)13-10-14(12-6-7-12)20-18-15(13)16(11(2)3)22-25-18/h10-12,23H,5-9H2,1-4H3,(H,21,24). The number of aliphatic hydroxyl groups is 1. The third-order valence-electron chi connectivity index (χ3n) is 5.14. The lowest BCUT2D eigenvalue weighted by atomic mass is 9.93. The zero-order valence-electron chi connectivity index (χ0n) is 15.4. The summed E-state index contributed by atoms with van der Waals surface area (Å²) in [6.45, 7) is 8.05. The second-order valence-corrected chi connectivity index (χ2v) is 7.61. The number of hydrogen-bond acceptors (Lipinski definition) is 5. The molecule has 136 valence electrons. The van der Waals surface area contributed by atoms with Crippen LogP contribution in [0.15, 0.2) is 10.6 Å². The third kappa shape index (κ3) is 3.54. The van der Waals surface area contributed by atoms with Gasteiger partial charge in [-0.1, -0.05) is 25.9 Å². The van der Waals surface area contributed by atoms with Crippen LogP contribution < -0.4 is 5.32 Å². The third-order valence-corrected chi connectivity index (χ3v) is 5.14. The van der Waals surface area contributed by atoms with Gasteiger partial charge in [0.15, 0.2) is 0 Å². The van der Waals surface area contributed by atoms with Gasteiger partial charge in [-0.2, -0.15) is 0 Å². The van der Waals surface area contributed by atoms with E-state index in [1.54, 1.807) is 0 Å². The smallest absolute Gasteiger partial charge is 0.259 e. The average molecular weight is 345 g/mol. The minimum Gasteiger partial charge on any atom is -0.396 e. The Morgan fingerprint density at radius 2 is 2.20 bits per heavy atom. The fourth-order valence-corrected chi connectivity index (χ4v) is 3.07. The van der Waals surface area contributed by atoms with Crippen LogP contribution in [0, 0.1) is 0 Å². The van der Waals surface area contributed by atoms with E-state index in [1.165, 1.54) is 0 Å². The summed E-state index contributed by atoms with van der Waals surface area (Å²) < 4.78 is 5.44. The van der Waals surface area contributed by atoms with Gasteiger partial charge < -0.3 is 14.9 Å². The minimum absolute atomic E-state index is 0.0359. The number of fused-ring (bicyclic) bond motifs is 1. The number of rotatable bonds is 7. The van der Waals surface area contributed by atoms with E-state index >= 15 is 0 Å². The normalized spacial score (nSPS) is 17.0. The van der Waals surface area contributed by atoms with Gasteiger partial charge in [0.25, 0.3) is 11.6 Å². The van der Waals surface area contributed by atoms with Gasteiger partial charge in [-0.15, -0.1) is 0 Å². The van der Waals surface area contributed by atoms with Crippen molar-refractivity contribution in [3.8, 4) is 0 Å². The first kappa shape index (κ1) is 17.9. The largest absolute Gasteiger partial charge is 0.396 e. The molecule has 0 aliphatic heterocycles. The van der Waals surface area contributed by atoms with Gasteiger partial charge >= 0.3 is 0 Å². The Morgan fingerprint density at radius 3 is 2.76 bits per heavy atom. The summed E-state index contributed by atoms with van der Waals surface area (Å²) in [4.78, 5) is 17.7. The Labute approximate surface area is 148 Å². The van der Waals surface area contributed by atoms with Crippen molar-refractivity contribution in [3.63, 3.8) is 0 Å². The summed E-state index contributed by atoms with van der Waals surface area (Å²) in [5, 5.41) is 17.3. The SMILES string of the molecule is CCC(C)(CCO)NC(=O)c1cc(C2CC2)nc2onc(C(C)C)c12. The maximum Gasteiger partial charge on any atom is 0.259 e. The molecule has 25 heavy (non-hydrogen) atoms. The Balaban J connectivity index is 2.06. The molecule has 6 heteroatoms. The van der Waals surface area contributed by atoms with Crippen LogP contribution in [-0.4, -0.2) is 33.3 Å². The van der Waals surface area contributed by atoms with Crippen LogP contribution in [0.4, 0.5) is 0 Å². The molecule has 1 saturated carbocycles. The lowest BCUT2D eigenvalue weighted by Crippen LogP contribution is -2.46. The van der Waals surface area contributed by atoms with Crippen LogP contribution in [0.25, 0.3) is 11.1 Å². The molecule has 2 aromatic heterocycles. The van der Waals surface area contributed by atoms with Gasteiger partial charge in [-0.05, 0) is 44.6 Å². The van der Waals surface area contributed by atoms with Gasteiger partial charge in [-0.25, -0.2) is 4.98 Å². The first-order chi connectivity index (χ1) is 11.9. The Bertz CT molecular complexity index is 780. The molecule has 3 rings (SSSR count). The molecule has 0 saturated heterocycles. The summed E-state index contributed by atoms with van der Waals surface area (Å²) in [6, 6.07) is 1.90. The first-order valence-electron chi connectivity index (χ1n) is 9.12. The van der Waals surface area contributed by atoms with E-state index in [2.05, 4.69) is 15.5 Å². The molecule has 1 fully saturated rings. The maximum absolute atomic E-state index is 13.1. The highest BCUT2D eigenvalue weighted by atomic mass is 16.5. The van der Waals surface area contributed by atoms with Crippen LogP contribution in [-0.2, 0) is 0 Å². The Morgan fingerprint density at radius 1 is 1.48 bits per heavy atom. The number of hydrogen-bond donors (Lipinski definition) is 2. The van der Waals surface area contributed by atoms with E-state index in [1.807, 2.05) is 33.8 Å². The van der Waals surface area contributed by atoms with Gasteiger partial charge in [0.2, 0.25) is 0 Å². The van der Waals surface area contributed by atoms with Crippen molar-refractivity contribution in [2.45, 2.75) is 70.8 Å². The molecule has 6 nitrogen and oxygen atoms in total. The molecule has 0 radical (unpaired) electrons. The van der Waals surface area contributed by atoms with E-state index < -0.39 is 5.54 Å². The van der Waals surface area contributed by atoms with Gasteiger partial charge in [0, 0.05) is 23.8 Å². The summed E-state index contributed by atoms with van der Waals surface area (Å²) in [6.07, 6.45) is 3.45. The number of carbonyl (C=O) groups is 1. The highest BCUT2D eigenvalue weighted by Crippen LogP contribution is 2.41. The number of pyridine rings is 1. The number of aromatic nitrogens is 2. The molecule has 0 aromatic carbocycles. The van der Waals surface area contributed by atoms with E-state index in [-0.39, 0.29) is 18.4 Å². The van der Waals surface area contributed by atoms with Crippen LogP contribution in [0.3, 0.4) is 0 Å². The molecule has 1 unspecified atom stereocenters. The fraction of sp³-hybridized carbons (Fsp3) is 0.632. The highest BCUT2D eigenvalue weighted by molar-refractivity contribution is 6.06. The topological polar surface area (TPSA) is 88.2 Å². The first-order valence-corrected chi connectivity index (χ1v) is 9.12. The predicted molar refractivity (Wildman–Crippen MR) is 95.7 cm³/mol. The summed E-state index contributed by atoms with van der Waals surface area (Å²) in [5.41, 5.74) is 2.24. The second-order valence-electron chi connectivity index (χ2n) is 7.61. The number of amides is 1. The van der Waals surface area contributed by atoms with Crippen molar-refractivity contribution in [1.29, 1.82) is 0 Å². The predicted octanol–water partition coefficient (Wildman–Crippen LogP) is 3.50. The molecule has 1 aliphatic rings. The monoisotopic (exact) mass is 345 g/mol. The maximum atomic E-state index is 13.1. The number of nitrogens with zero attached hydrogens (tertiary/aromatic N) is 2. The van der Waals surface area contributed by atoms with Crippen LogP contribution in [0.2, 0.25) is 0 Å². The van der Waals surface area contributed by atoms with Crippen molar-refractivity contribution in [2.75, 3.05) is 6.61 Å². The zero-order chi connectivity index (χ0) is 18.2. The van der Waals surface area contributed by atoms with E-state index in [0.717, 1.165) is 30.7 Å². The van der Waals surface area contributed by atoms with Crippen LogP contribution >= 0.6 is 0 Å². The molecule has 1 amide bonds. The molecule has 2 N–H and O–H groups in total. The number of aliphatic hydroxyl groups excluding tert-OH is 1. The van der Waals surface area contributed by atoms with E-state index in [9.17, 15) is 9.90 Å². The summed E-state index contributed by atoms with van der Waals surface area (Å²) in [5.74, 6) is 0.395. The lowest BCUT2D eigenvalue weighted by molar-refractivity contribution is 0.0887. The Kier molecular flexibility index (Phi) is 4.82. The van der Waals surface area contributed by atoms with Crippen molar-refractivity contribution in [3.05, 3.63) is 23.0 Å². The second kappa shape index (κ2) is 6.75. The minimum atomic E-state index is -0.448. The quantitative estimate of drug-likeness (QED) is 0.802. The van der Waals surface area contributed by atoms with Crippen molar-refractivity contribution >= 4 is 17.0 Å². The fourth-order valence-electron chi connectivity index (χ4n) is 3.07. The molecular weight excluding hydrogens is 318 g/mol. The zero-order valence-corrected chi connectivity index (χ0v) is 15.4. The number of nitrogens with one attached hydrogen (secondary N) is 1.